The van der Waals surface area contributed by atoms with Crippen molar-refractivity contribution in [3.05, 3.63) is 49.5 Å². The highest BCUT2D eigenvalue weighted by molar-refractivity contribution is 7.13. The van der Waals surface area contributed by atoms with Gasteiger partial charge >= 0.3 is 0 Å². The third kappa shape index (κ3) is 8.61. The third-order valence-electron chi connectivity index (χ3n) is 7.93. The molecular weight excluding hydrogens is 474 g/mol. The van der Waals surface area contributed by atoms with Crippen LogP contribution in [0.4, 0.5) is 0 Å². The fraction of sp³-hybridized carbons (Fsp3) is 0.636. The predicted octanol–water partition coefficient (Wildman–Crippen LogP) is 7.64. The Morgan fingerprint density at radius 2 is 1.54 bits per heavy atom. The number of rotatable bonds is 14. The molecule has 3 atom stereocenters. The van der Waals surface area contributed by atoms with Crippen molar-refractivity contribution in [3.8, 4) is 10.6 Å². The van der Waals surface area contributed by atoms with Gasteiger partial charge in [-0.2, -0.15) is 0 Å². The van der Waals surface area contributed by atoms with Gasteiger partial charge in [-0.1, -0.05) is 91.4 Å². The molecule has 0 amide bonds. The molecule has 0 aromatic heterocycles. The molecule has 3 nitrogen and oxygen atoms in total. The van der Waals surface area contributed by atoms with E-state index in [-0.39, 0.29) is 5.43 Å². The minimum Gasteiger partial charge on any atom is -0.385 e. The molecular formula is C33H51NO2S. The molecule has 206 valence electrons. The highest BCUT2D eigenvalue weighted by Crippen LogP contribution is 2.37. The van der Waals surface area contributed by atoms with Crippen LogP contribution < -0.4 is 15.3 Å². The molecule has 1 heterocycles. The first kappa shape index (κ1) is 31.4. The first-order chi connectivity index (χ1) is 17.4. The van der Waals surface area contributed by atoms with E-state index >= 15 is 0 Å². The van der Waals surface area contributed by atoms with Gasteiger partial charge in [0.05, 0.1) is 27.1 Å². The molecule has 0 unspecified atom stereocenters. The van der Waals surface area contributed by atoms with E-state index in [1.807, 2.05) is 39.8 Å². The number of allylic oxidation sites excluding steroid dienone is 1. The van der Waals surface area contributed by atoms with Gasteiger partial charge in [-0.3, -0.25) is 4.79 Å². The van der Waals surface area contributed by atoms with Gasteiger partial charge in [-0.25, -0.2) is 4.98 Å². The number of aliphatic hydroxyl groups is 1. The van der Waals surface area contributed by atoms with Gasteiger partial charge in [0.25, 0.3) is 0 Å². The number of benzene rings is 1. The molecule has 0 saturated heterocycles. The quantitative estimate of drug-likeness (QED) is 0.276. The fourth-order valence-corrected chi connectivity index (χ4v) is 6.59. The van der Waals surface area contributed by atoms with Gasteiger partial charge in [0.2, 0.25) is 0 Å². The molecule has 0 saturated carbocycles. The second-order valence-corrected chi connectivity index (χ2v) is 13.0. The van der Waals surface area contributed by atoms with Gasteiger partial charge in [-0.15, -0.1) is 11.3 Å². The number of hydrogen-bond donors (Lipinski definition) is 1. The molecule has 0 radical (unpaired) electrons. The lowest BCUT2D eigenvalue weighted by Gasteiger charge is -2.28. The summed E-state index contributed by atoms with van der Waals surface area (Å²) in [4.78, 5) is 19.2. The molecule has 0 aromatic rings. The SMILES string of the molecule is C=C/C=c1/nc2c(C)c(C)c(=O)c([C@](C)(O)CCC[C@H](C)CCC[C@H](C)CCCC(C)C)c-2s/c1=C/C. The summed E-state index contributed by atoms with van der Waals surface area (Å²) in [5.74, 6) is 2.25. The second-order valence-electron chi connectivity index (χ2n) is 11.9. The average Bonchev–Trinajstić information content (AvgIpc) is 2.82. The Balaban J connectivity index is 2.11. The van der Waals surface area contributed by atoms with Crippen LogP contribution in [0.15, 0.2) is 17.4 Å². The summed E-state index contributed by atoms with van der Waals surface area (Å²) in [7, 11) is 0. The van der Waals surface area contributed by atoms with Crippen molar-refractivity contribution in [2.75, 3.05) is 0 Å². The summed E-state index contributed by atoms with van der Waals surface area (Å²) >= 11 is 1.55. The van der Waals surface area contributed by atoms with Crippen LogP contribution in [0.2, 0.25) is 0 Å². The standard InChI is InChI=1S/C33H51NO2S/c1-10-15-27-28(11-2)37-32-29(31(35)26(8)25(7)30(32)34-27)33(9,36)21-14-20-24(6)19-13-18-23(5)17-12-16-22(3)4/h10-11,15,22-24,36H,1,12-14,16-21H2,2-9H3/b27-15+,28-11+/t23-,24-,33-/m1/s1. The zero-order chi connectivity index (χ0) is 27.8. The van der Waals surface area contributed by atoms with E-state index in [1.54, 1.807) is 17.4 Å². The van der Waals surface area contributed by atoms with Gasteiger partial charge in [-0.05, 0) is 69.9 Å². The summed E-state index contributed by atoms with van der Waals surface area (Å²) < 4.78 is 0.985. The van der Waals surface area contributed by atoms with Gasteiger partial charge < -0.3 is 5.11 Å². The number of fused-ring (bicyclic) bond motifs is 1. The fourth-order valence-electron chi connectivity index (χ4n) is 5.32. The second kappa shape index (κ2) is 14.4. The molecule has 37 heavy (non-hydrogen) atoms. The molecule has 0 spiro atoms. The summed E-state index contributed by atoms with van der Waals surface area (Å²) in [5.41, 5.74) is 1.66. The highest BCUT2D eigenvalue weighted by Gasteiger charge is 2.33. The van der Waals surface area contributed by atoms with Crippen LogP contribution in [0.5, 0.6) is 0 Å². The molecule has 0 fully saturated rings. The molecule has 2 aliphatic rings. The van der Waals surface area contributed by atoms with E-state index in [9.17, 15) is 9.90 Å². The molecule has 1 N–H and O–H groups in total. The Labute approximate surface area is 229 Å². The maximum atomic E-state index is 13.5. The summed E-state index contributed by atoms with van der Waals surface area (Å²) in [6.45, 7) is 20.8. The minimum absolute atomic E-state index is 0.0462. The average molecular weight is 526 g/mol. The van der Waals surface area contributed by atoms with Crippen LogP contribution in [0.3, 0.4) is 0 Å². The van der Waals surface area contributed by atoms with E-state index in [4.69, 9.17) is 4.98 Å². The van der Waals surface area contributed by atoms with Crippen molar-refractivity contribution in [3.63, 3.8) is 0 Å². The number of nitrogens with zero attached hydrogens (tertiary/aromatic N) is 1. The largest absolute Gasteiger partial charge is 0.385 e. The number of aromatic nitrogens is 1. The van der Waals surface area contributed by atoms with Crippen LogP contribution in [0.25, 0.3) is 22.7 Å². The van der Waals surface area contributed by atoms with E-state index in [2.05, 4.69) is 34.3 Å². The topological polar surface area (TPSA) is 50.2 Å². The first-order valence-electron chi connectivity index (χ1n) is 14.4. The maximum Gasteiger partial charge on any atom is 0.189 e. The van der Waals surface area contributed by atoms with Crippen molar-refractivity contribution in [1.29, 1.82) is 0 Å². The maximum absolute atomic E-state index is 13.5. The van der Waals surface area contributed by atoms with Crippen molar-refractivity contribution in [2.45, 2.75) is 119 Å². The Hall–Kier alpha value is -1.78. The Bertz CT molecular complexity index is 1170. The smallest absolute Gasteiger partial charge is 0.189 e. The van der Waals surface area contributed by atoms with E-state index in [0.29, 0.717) is 23.5 Å². The Kier molecular flexibility index (Phi) is 12.2. The summed E-state index contributed by atoms with van der Waals surface area (Å²) in [5, 5.41) is 12.5. The summed E-state index contributed by atoms with van der Waals surface area (Å²) in [6, 6.07) is 0. The zero-order valence-corrected chi connectivity index (χ0v) is 25.6. The predicted molar refractivity (Wildman–Crippen MR) is 163 cm³/mol. The molecule has 4 heteroatoms. The van der Waals surface area contributed by atoms with Crippen LogP contribution in [-0.4, -0.2) is 10.1 Å². The number of hydrogen-bond acceptors (Lipinski definition) is 4. The van der Waals surface area contributed by atoms with E-state index in [0.717, 1.165) is 50.7 Å². The van der Waals surface area contributed by atoms with Crippen LogP contribution in [-0.2, 0) is 5.60 Å². The highest BCUT2D eigenvalue weighted by atomic mass is 32.1. The zero-order valence-electron chi connectivity index (χ0n) is 24.7. The minimum atomic E-state index is -1.19. The Morgan fingerprint density at radius 3 is 2.08 bits per heavy atom. The normalized spacial score (nSPS) is 16.4. The van der Waals surface area contributed by atoms with Crippen molar-refractivity contribution in [2.24, 2.45) is 17.8 Å². The van der Waals surface area contributed by atoms with E-state index < -0.39 is 5.60 Å². The van der Waals surface area contributed by atoms with E-state index in [1.165, 1.54) is 38.5 Å². The van der Waals surface area contributed by atoms with Crippen LogP contribution >= 0.6 is 11.3 Å². The lowest BCUT2D eigenvalue weighted by molar-refractivity contribution is 0.0434. The van der Waals surface area contributed by atoms with Gasteiger partial charge in [0, 0.05) is 10.1 Å². The van der Waals surface area contributed by atoms with Crippen LogP contribution in [0.1, 0.15) is 116 Å². The summed E-state index contributed by atoms with van der Waals surface area (Å²) in [6.07, 6.45) is 16.1. The monoisotopic (exact) mass is 525 g/mol. The lowest BCUT2D eigenvalue weighted by Crippen LogP contribution is -2.34. The van der Waals surface area contributed by atoms with Crippen molar-refractivity contribution < 1.29 is 5.11 Å². The molecule has 1 aliphatic carbocycles. The molecule has 0 aromatic carbocycles. The molecule has 1 aliphatic heterocycles. The molecule has 0 bridgehead atoms. The Morgan fingerprint density at radius 1 is 0.973 bits per heavy atom. The molecule has 2 rings (SSSR count). The first-order valence-corrected chi connectivity index (χ1v) is 15.2. The van der Waals surface area contributed by atoms with Crippen molar-refractivity contribution in [1.82, 2.24) is 4.98 Å². The van der Waals surface area contributed by atoms with Gasteiger partial charge in [0.1, 0.15) is 0 Å². The van der Waals surface area contributed by atoms with Crippen molar-refractivity contribution >= 4 is 23.5 Å². The van der Waals surface area contributed by atoms with Crippen LogP contribution in [0, 0.1) is 31.6 Å². The lowest BCUT2D eigenvalue weighted by atomic mass is 9.84. The third-order valence-corrected chi connectivity index (χ3v) is 9.20. The van der Waals surface area contributed by atoms with Gasteiger partial charge in [0.15, 0.2) is 5.43 Å².